The number of carbonyl (C=O) groups excluding carboxylic acids is 2. The minimum atomic E-state index is -1.26. The highest BCUT2D eigenvalue weighted by Gasteiger charge is 2.41. The minimum absolute atomic E-state index is 0.249. The van der Waals surface area contributed by atoms with E-state index in [9.17, 15) is 19.8 Å². The molecule has 0 aromatic heterocycles. The zero-order valence-corrected chi connectivity index (χ0v) is 15.7. The van der Waals surface area contributed by atoms with Crippen molar-refractivity contribution in [1.82, 2.24) is 0 Å². The maximum atomic E-state index is 11.2. The van der Waals surface area contributed by atoms with Crippen LogP contribution in [0.15, 0.2) is 11.5 Å². The topological polar surface area (TPSA) is 112 Å². The van der Waals surface area contributed by atoms with Crippen molar-refractivity contribution in [2.75, 3.05) is 13.2 Å². The molecule has 0 radical (unpaired) electrons. The molecule has 0 saturated heterocycles. The Morgan fingerprint density at radius 3 is 2.27 bits per heavy atom. The van der Waals surface area contributed by atoms with Gasteiger partial charge in [0.25, 0.3) is 0 Å². The van der Waals surface area contributed by atoms with Crippen molar-refractivity contribution < 1.29 is 38.7 Å². The van der Waals surface area contributed by atoms with E-state index in [2.05, 4.69) is 6.92 Å². The van der Waals surface area contributed by atoms with Gasteiger partial charge < -0.3 is 29.2 Å². The number of hydrogen-bond acceptors (Lipinski definition) is 8. The summed E-state index contributed by atoms with van der Waals surface area (Å²) in [6.45, 7) is 4.63. The second-order valence-corrected chi connectivity index (χ2v) is 6.25. The number of unbranched alkanes of at least 4 members (excludes halogenated alkanes) is 5. The second-order valence-electron chi connectivity index (χ2n) is 6.25. The fourth-order valence-corrected chi connectivity index (χ4v) is 2.56. The number of aliphatic hydroxyl groups is 2. The number of esters is 2. The van der Waals surface area contributed by atoms with E-state index >= 15 is 0 Å². The van der Waals surface area contributed by atoms with Crippen LogP contribution in [0.4, 0.5) is 0 Å². The summed E-state index contributed by atoms with van der Waals surface area (Å²) in [6, 6.07) is 0. The van der Waals surface area contributed by atoms with Gasteiger partial charge >= 0.3 is 11.9 Å². The Hall–Kier alpha value is -1.80. The number of hydrogen-bond donors (Lipinski definition) is 2. The van der Waals surface area contributed by atoms with Crippen LogP contribution in [0.25, 0.3) is 0 Å². The summed E-state index contributed by atoms with van der Waals surface area (Å²) >= 11 is 0. The smallest absolute Gasteiger partial charge is 0.303 e. The highest BCUT2D eigenvalue weighted by Crippen LogP contribution is 2.27. The van der Waals surface area contributed by atoms with E-state index in [-0.39, 0.29) is 6.61 Å². The quantitative estimate of drug-likeness (QED) is 0.419. The van der Waals surface area contributed by atoms with Gasteiger partial charge in [0.1, 0.15) is 12.7 Å². The lowest BCUT2D eigenvalue weighted by Crippen LogP contribution is -2.47. The Morgan fingerprint density at radius 1 is 1.00 bits per heavy atom. The van der Waals surface area contributed by atoms with Gasteiger partial charge in [-0.1, -0.05) is 39.0 Å². The SMILES string of the molecule is CCCCCCCCO[C@H]1O[C@H](COC(C)=O)[C@H](OC(C)=O)C(O)=C1O. The average molecular weight is 374 g/mol. The Bertz CT molecular complexity index is 488. The van der Waals surface area contributed by atoms with E-state index in [0.717, 1.165) is 26.2 Å². The van der Waals surface area contributed by atoms with Crippen molar-refractivity contribution in [3.63, 3.8) is 0 Å². The fraction of sp³-hybridized carbons (Fsp3) is 0.778. The molecule has 1 heterocycles. The first-order chi connectivity index (χ1) is 12.4. The van der Waals surface area contributed by atoms with Gasteiger partial charge in [-0.05, 0) is 6.42 Å². The molecule has 2 N–H and O–H groups in total. The first-order valence-corrected chi connectivity index (χ1v) is 9.06. The Morgan fingerprint density at radius 2 is 1.65 bits per heavy atom. The molecule has 0 bridgehead atoms. The van der Waals surface area contributed by atoms with Crippen molar-refractivity contribution in [3.8, 4) is 0 Å². The first kappa shape index (κ1) is 22.2. The van der Waals surface area contributed by atoms with E-state index in [0.29, 0.717) is 6.61 Å². The lowest BCUT2D eigenvalue weighted by atomic mass is 10.1. The van der Waals surface area contributed by atoms with Crippen LogP contribution in [0.2, 0.25) is 0 Å². The number of aliphatic hydroxyl groups excluding tert-OH is 2. The van der Waals surface area contributed by atoms with Gasteiger partial charge in [-0.3, -0.25) is 9.59 Å². The monoisotopic (exact) mass is 374 g/mol. The van der Waals surface area contributed by atoms with Crippen LogP contribution in [0.5, 0.6) is 0 Å². The largest absolute Gasteiger partial charge is 0.505 e. The van der Waals surface area contributed by atoms with Crippen LogP contribution in [-0.2, 0) is 28.5 Å². The normalized spacial score (nSPS) is 23.0. The third-order valence-corrected chi connectivity index (χ3v) is 3.90. The number of ether oxygens (including phenoxy) is 4. The Balaban J connectivity index is 2.61. The predicted octanol–water partition coefficient (Wildman–Crippen LogP) is 2.91. The molecule has 1 aliphatic rings. The highest BCUT2D eigenvalue weighted by atomic mass is 16.7. The molecule has 26 heavy (non-hydrogen) atoms. The third-order valence-electron chi connectivity index (χ3n) is 3.90. The molecule has 0 fully saturated rings. The van der Waals surface area contributed by atoms with Crippen LogP contribution in [0.1, 0.15) is 59.3 Å². The molecule has 1 rings (SSSR count). The predicted molar refractivity (Wildman–Crippen MR) is 92.5 cm³/mol. The fourth-order valence-electron chi connectivity index (χ4n) is 2.56. The van der Waals surface area contributed by atoms with Crippen LogP contribution in [0.3, 0.4) is 0 Å². The van der Waals surface area contributed by atoms with E-state index < -0.39 is 42.0 Å². The van der Waals surface area contributed by atoms with Crippen molar-refractivity contribution in [2.24, 2.45) is 0 Å². The molecule has 8 nitrogen and oxygen atoms in total. The summed E-state index contributed by atoms with van der Waals surface area (Å²) in [7, 11) is 0. The Labute approximate surface area is 154 Å². The number of rotatable bonds is 11. The van der Waals surface area contributed by atoms with E-state index in [1.807, 2.05) is 0 Å². The summed E-state index contributed by atoms with van der Waals surface area (Å²) < 4.78 is 20.9. The summed E-state index contributed by atoms with van der Waals surface area (Å²) in [6.07, 6.45) is 3.02. The van der Waals surface area contributed by atoms with Gasteiger partial charge in [0.05, 0.1) is 6.61 Å². The summed E-state index contributed by atoms with van der Waals surface area (Å²) in [5.74, 6) is -2.31. The molecule has 1 aliphatic heterocycles. The lowest BCUT2D eigenvalue weighted by molar-refractivity contribution is -0.221. The molecule has 0 aliphatic carbocycles. The van der Waals surface area contributed by atoms with Crippen LogP contribution >= 0.6 is 0 Å². The number of carbonyl (C=O) groups is 2. The van der Waals surface area contributed by atoms with E-state index in [1.165, 1.54) is 26.2 Å². The average Bonchev–Trinajstić information content (AvgIpc) is 2.58. The first-order valence-electron chi connectivity index (χ1n) is 9.06. The van der Waals surface area contributed by atoms with Crippen molar-refractivity contribution in [1.29, 1.82) is 0 Å². The molecule has 0 aromatic carbocycles. The molecule has 3 atom stereocenters. The molecule has 150 valence electrons. The standard InChI is InChI=1S/C18H30O8/c1-4-5-6-7-8-9-10-23-18-16(22)15(21)17(25-13(3)20)14(26-18)11-24-12(2)19/h14,17-18,21-22H,4-11H2,1-3H3/t14-,17+,18+/m1/s1. The van der Waals surface area contributed by atoms with Gasteiger partial charge in [-0.25, -0.2) is 0 Å². The maximum absolute atomic E-state index is 11.2. The molecule has 0 saturated carbocycles. The third kappa shape index (κ3) is 7.61. The molecule has 0 spiro atoms. The van der Waals surface area contributed by atoms with Crippen molar-refractivity contribution in [2.45, 2.75) is 77.8 Å². The van der Waals surface area contributed by atoms with E-state index in [1.54, 1.807) is 0 Å². The minimum Gasteiger partial charge on any atom is -0.505 e. The summed E-state index contributed by atoms with van der Waals surface area (Å²) in [5.41, 5.74) is 0. The summed E-state index contributed by atoms with van der Waals surface area (Å²) in [4.78, 5) is 22.2. The molecule has 0 unspecified atom stereocenters. The second kappa shape index (κ2) is 11.7. The maximum Gasteiger partial charge on any atom is 0.303 e. The van der Waals surface area contributed by atoms with Gasteiger partial charge in [-0.2, -0.15) is 0 Å². The lowest BCUT2D eigenvalue weighted by Gasteiger charge is -2.34. The van der Waals surface area contributed by atoms with Gasteiger partial charge in [-0.15, -0.1) is 0 Å². The molecular weight excluding hydrogens is 344 g/mol. The van der Waals surface area contributed by atoms with Crippen LogP contribution < -0.4 is 0 Å². The molecule has 0 amide bonds. The molecule has 8 heteroatoms. The van der Waals surface area contributed by atoms with Gasteiger partial charge in [0.15, 0.2) is 17.6 Å². The zero-order chi connectivity index (χ0) is 19.5. The highest BCUT2D eigenvalue weighted by molar-refractivity contribution is 5.67. The Kier molecular flexibility index (Phi) is 10.0. The van der Waals surface area contributed by atoms with Crippen molar-refractivity contribution >= 4 is 11.9 Å². The van der Waals surface area contributed by atoms with Crippen LogP contribution in [0, 0.1) is 0 Å². The van der Waals surface area contributed by atoms with E-state index in [4.69, 9.17) is 18.9 Å². The summed E-state index contributed by atoms with van der Waals surface area (Å²) in [5, 5.41) is 20.2. The van der Waals surface area contributed by atoms with Crippen LogP contribution in [-0.4, -0.2) is 53.9 Å². The van der Waals surface area contributed by atoms with Gasteiger partial charge in [0, 0.05) is 13.8 Å². The van der Waals surface area contributed by atoms with Crippen molar-refractivity contribution in [3.05, 3.63) is 11.5 Å². The molecular formula is C18H30O8. The van der Waals surface area contributed by atoms with Gasteiger partial charge in [0.2, 0.25) is 6.29 Å². The molecule has 0 aromatic rings. The zero-order valence-electron chi connectivity index (χ0n) is 15.7.